The van der Waals surface area contributed by atoms with Gasteiger partial charge in [-0.2, -0.15) is 0 Å². The Balaban J connectivity index is 1.86. The molecule has 3 rings (SSSR count). The second kappa shape index (κ2) is 7.65. The lowest BCUT2D eigenvalue weighted by molar-refractivity contribution is 0.240. The Morgan fingerprint density at radius 1 is 0.962 bits per heavy atom. The Morgan fingerprint density at radius 3 is 2.42 bits per heavy atom. The fourth-order valence-corrected chi connectivity index (χ4v) is 2.85. The van der Waals surface area contributed by atoms with Gasteiger partial charge in [0.2, 0.25) is 5.88 Å². The van der Waals surface area contributed by atoms with Crippen molar-refractivity contribution in [1.82, 2.24) is 4.98 Å². The van der Waals surface area contributed by atoms with Crippen LogP contribution in [0.4, 0.5) is 5.69 Å². The quantitative estimate of drug-likeness (QED) is 0.604. The van der Waals surface area contributed by atoms with Crippen LogP contribution in [0.2, 0.25) is 0 Å². The predicted molar refractivity (Wildman–Crippen MR) is 108 cm³/mol. The largest absolute Gasteiger partial charge is 0.491 e. The van der Waals surface area contributed by atoms with Crippen LogP contribution < -0.4 is 14.8 Å². The molecule has 0 bridgehead atoms. The molecule has 4 heteroatoms. The molecular formula is C22H26N2O2. The third kappa shape index (κ3) is 3.90. The van der Waals surface area contributed by atoms with Gasteiger partial charge in [0.1, 0.15) is 11.5 Å². The van der Waals surface area contributed by atoms with Crippen molar-refractivity contribution < 1.29 is 9.47 Å². The van der Waals surface area contributed by atoms with Crippen LogP contribution in [0.5, 0.6) is 17.4 Å². The van der Waals surface area contributed by atoms with E-state index < -0.39 is 0 Å². The van der Waals surface area contributed by atoms with E-state index in [9.17, 15) is 0 Å². The molecule has 0 amide bonds. The standard InChI is InChI=1S/C22H26N2O2/c1-6-23-18-8-9-19-17(13-18)7-12-22(24-19)26-21-11-10-20(25-14(2)3)15(4)16(21)5/h7-14,23H,6H2,1-5H3. The molecule has 1 aromatic heterocycles. The molecule has 0 spiro atoms. The fraction of sp³-hybridized carbons (Fsp3) is 0.318. The van der Waals surface area contributed by atoms with Gasteiger partial charge in [0.25, 0.3) is 0 Å². The van der Waals surface area contributed by atoms with Gasteiger partial charge < -0.3 is 14.8 Å². The van der Waals surface area contributed by atoms with Gasteiger partial charge >= 0.3 is 0 Å². The summed E-state index contributed by atoms with van der Waals surface area (Å²) in [5, 5.41) is 4.40. The van der Waals surface area contributed by atoms with Crippen molar-refractivity contribution in [3.8, 4) is 17.4 Å². The van der Waals surface area contributed by atoms with Gasteiger partial charge in [0.15, 0.2) is 0 Å². The van der Waals surface area contributed by atoms with Crippen LogP contribution in [-0.2, 0) is 0 Å². The highest BCUT2D eigenvalue weighted by Crippen LogP contribution is 2.33. The maximum atomic E-state index is 6.05. The molecule has 4 nitrogen and oxygen atoms in total. The first-order chi connectivity index (χ1) is 12.5. The molecule has 0 saturated carbocycles. The Kier molecular flexibility index (Phi) is 5.31. The predicted octanol–water partition coefficient (Wildman–Crippen LogP) is 5.86. The number of hydrogen-bond donors (Lipinski definition) is 1. The Labute approximate surface area is 155 Å². The van der Waals surface area contributed by atoms with Gasteiger partial charge in [0, 0.05) is 23.7 Å². The van der Waals surface area contributed by atoms with Crippen molar-refractivity contribution in [3.63, 3.8) is 0 Å². The number of fused-ring (bicyclic) bond motifs is 1. The molecule has 0 aliphatic carbocycles. The molecule has 0 unspecified atom stereocenters. The number of nitrogens with zero attached hydrogens (tertiary/aromatic N) is 1. The maximum Gasteiger partial charge on any atom is 0.219 e. The summed E-state index contributed by atoms with van der Waals surface area (Å²) in [6.45, 7) is 11.1. The molecule has 26 heavy (non-hydrogen) atoms. The van der Waals surface area contributed by atoms with E-state index in [1.54, 1.807) is 0 Å². The van der Waals surface area contributed by atoms with Crippen molar-refractivity contribution in [1.29, 1.82) is 0 Å². The van der Waals surface area contributed by atoms with Gasteiger partial charge in [-0.05, 0) is 82.1 Å². The van der Waals surface area contributed by atoms with Crippen molar-refractivity contribution in [3.05, 3.63) is 53.6 Å². The van der Waals surface area contributed by atoms with E-state index in [4.69, 9.17) is 9.47 Å². The summed E-state index contributed by atoms with van der Waals surface area (Å²) in [6, 6.07) is 14.0. The van der Waals surface area contributed by atoms with Gasteiger partial charge in [-0.15, -0.1) is 0 Å². The monoisotopic (exact) mass is 350 g/mol. The lowest BCUT2D eigenvalue weighted by Gasteiger charge is -2.16. The summed E-state index contributed by atoms with van der Waals surface area (Å²) in [4.78, 5) is 4.63. The van der Waals surface area contributed by atoms with Crippen LogP contribution in [0, 0.1) is 13.8 Å². The molecule has 1 N–H and O–H groups in total. The molecule has 0 saturated heterocycles. The van der Waals surface area contributed by atoms with E-state index >= 15 is 0 Å². The minimum absolute atomic E-state index is 0.147. The Morgan fingerprint density at radius 2 is 1.69 bits per heavy atom. The second-order valence-electron chi connectivity index (χ2n) is 6.67. The molecule has 3 aromatic rings. The van der Waals surface area contributed by atoms with E-state index in [1.165, 1.54) is 0 Å². The van der Waals surface area contributed by atoms with E-state index in [-0.39, 0.29) is 6.10 Å². The normalized spacial score (nSPS) is 11.0. The number of ether oxygens (including phenoxy) is 2. The number of rotatable bonds is 6. The van der Waals surface area contributed by atoms with Crippen LogP contribution in [0.1, 0.15) is 31.9 Å². The third-order valence-electron chi connectivity index (χ3n) is 4.31. The van der Waals surface area contributed by atoms with Crippen molar-refractivity contribution >= 4 is 16.6 Å². The van der Waals surface area contributed by atoms with Crippen LogP contribution in [0.15, 0.2) is 42.5 Å². The number of pyridine rings is 1. The topological polar surface area (TPSA) is 43.4 Å². The van der Waals surface area contributed by atoms with Crippen LogP contribution in [-0.4, -0.2) is 17.6 Å². The molecule has 2 aromatic carbocycles. The van der Waals surface area contributed by atoms with E-state index in [1.807, 2.05) is 57.2 Å². The zero-order chi connectivity index (χ0) is 18.7. The van der Waals surface area contributed by atoms with E-state index in [2.05, 4.69) is 30.2 Å². The van der Waals surface area contributed by atoms with Gasteiger partial charge in [0.05, 0.1) is 11.6 Å². The number of nitrogens with one attached hydrogen (secondary N) is 1. The molecule has 0 atom stereocenters. The van der Waals surface area contributed by atoms with Gasteiger partial charge in [-0.1, -0.05) is 0 Å². The molecule has 0 radical (unpaired) electrons. The first kappa shape index (κ1) is 18.1. The summed E-state index contributed by atoms with van der Waals surface area (Å²) < 4.78 is 11.9. The number of aromatic nitrogens is 1. The molecule has 0 fully saturated rings. The average Bonchev–Trinajstić information content (AvgIpc) is 2.61. The van der Waals surface area contributed by atoms with Crippen LogP contribution in [0.3, 0.4) is 0 Å². The highest BCUT2D eigenvalue weighted by molar-refractivity contribution is 5.82. The number of benzene rings is 2. The van der Waals surface area contributed by atoms with Gasteiger partial charge in [-0.3, -0.25) is 0 Å². The number of anilines is 1. The molecule has 0 aliphatic heterocycles. The number of hydrogen-bond acceptors (Lipinski definition) is 4. The van der Waals surface area contributed by atoms with E-state index in [0.29, 0.717) is 5.88 Å². The molecule has 1 heterocycles. The first-order valence-electron chi connectivity index (χ1n) is 9.07. The zero-order valence-electron chi connectivity index (χ0n) is 16.1. The van der Waals surface area contributed by atoms with E-state index in [0.717, 1.165) is 45.8 Å². The van der Waals surface area contributed by atoms with Crippen molar-refractivity contribution in [2.45, 2.75) is 40.7 Å². The minimum atomic E-state index is 0.147. The summed E-state index contributed by atoms with van der Waals surface area (Å²) in [6.07, 6.45) is 0.147. The summed E-state index contributed by atoms with van der Waals surface area (Å²) >= 11 is 0. The summed E-state index contributed by atoms with van der Waals surface area (Å²) in [5.74, 6) is 2.29. The highest BCUT2D eigenvalue weighted by atomic mass is 16.5. The second-order valence-corrected chi connectivity index (χ2v) is 6.67. The Bertz CT molecular complexity index is 919. The highest BCUT2D eigenvalue weighted by Gasteiger charge is 2.11. The fourth-order valence-electron chi connectivity index (χ4n) is 2.85. The minimum Gasteiger partial charge on any atom is -0.491 e. The zero-order valence-corrected chi connectivity index (χ0v) is 16.1. The smallest absolute Gasteiger partial charge is 0.219 e. The lowest BCUT2D eigenvalue weighted by atomic mass is 10.1. The first-order valence-corrected chi connectivity index (χ1v) is 9.07. The van der Waals surface area contributed by atoms with Crippen molar-refractivity contribution in [2.24, 2.45) is 0 Å². The maximum absolute atomic E-state index is 6.05. The van der Waals surface area contributed by atoms with Crippen LogP contribution >= 0.6 is 0 Å². The summed E-state index contributed by atoms with van der Waals surface area (Å²) in [5.41, 5.74) is 4.17. The molecule has 0 aliphatic rings. The SMILES string of the molecule is CCNc1ccc2nc(Oc3ccc(OC(C)C)c(C)c3C)ccc2c1. The van der Waals surface area contributed by atoms with Gasteiger partial charge in [-0.25, -0.2) is 4.98 Å². The van der Waals surface area contributed by atoms with Crippen molar-refractivity contribution in [2.75, 3.05) is 11.9 Å². The average molecular weight is 350 g/mol. The third-order valence-corrected chi connectivity index (χ3v) is 4.31. The molecule has 136 valence electrons. The Hall–Kier alpha value is -2.75. The molecular weight excluding hydrogens is 324 g/mol. The lowest BCUT2D eigenvalue weighted by Crippen LogP contribution is -2.07. The summed E-state index contributed by atoms with van der Waals surface area (Å²) in [7, 11) is 0. The van der Waals surface area contributed by atoms with Crippen LogP contribution in [0.25, 0.3) is 10.9 Å².